The summed E-state index contributed by atoms with van der Waals surface area (Å²) in [4.78, 5) is 30.3. The molecular weight excluding hydrogens is 296 g/mol. The molecule has 114 valence electrons. The van der Waals surface area contributed by atoms with Crippen molar-refractivity contribution in [3.8, 4) is 11.5 Å². The number of likely N-dealkylation sites (tertiary alicyclic amines) is 1. The second-order valence-electron chi connectivity index (χ2n) is 5.17. The highest BCUT2D eigenvalue weighted by Crippen LogP contribution is 2.28. The molecule has 0 aromatic carbocycles. The number of hydrogen-bond donors (Lipinski definition) is 0. The standard InChI is InChI=1S/C15H12N6O2/c22-15(12-7-16-5-6-18-12)21-8-10(9-21)14-19-13(20-23-14)11-3-1-2-4-17-11/h1-7,10H,8-9H2. The summed E-state index contributed by atoms with van der Waals surface area (Å²) < 4.78 is 5.29. The fourth-order valence-corrected chi connectivity index (χ4v) is 2.37. The van der Waals surface area contributed by atoms with Gasteiger partial charge in [-0.2, -0.15) is 4.98 Å². The van der Waals surface area contributed by atoms with Crippen molar-refractivity contribution < 1.29 is 9.32 Å². The zero-order valence-corrected chi connectivity index (χ0v) is 12.0. The SMILES string of the molecule is O=C(c1cnccn1)N1CC(c2nc(-c3ccccn3)no2)C1. The van der Waals surface area contributed by atoms with Gasteiger partial charge in [0.05, 0.1) is 12.1 Å². The predicted octanol–water partition coefficient (Wildman–Crippen LogP) is 1.16. The third-order valence-electron chi connectivity index (χ3n) is 3.64. The van der Waals surface area contributed by atoms with Crippen molar-refractivity contribution in [1.29, 1.82) is 0 Å². The lowest BCUT2D eigenvalue weighted by Gasteiger charge is -2.36. The molecule has 0 radical (unpaired) electrons. The Bertz CT molecular complexity index is 814. The van der Waals surface area contributed by atoms with E-state index in [0.717, 1.165) is 0 Å². The molecule has 1 aliphatic heterocycles. The maximum Gasteiger partial charge on any atom is 0.274 e. The normalized spacial score (nSPS) is 14.5. The van der Waals surface area contributed by atoms with Crippen LogP contribution in [-0.2, 0) is 0 Å². The van der Waals surface area contributed by atoms with Gasteiger partial charge in [0, 0.05) is 31.7 Å². The molecule has 0 saturated carbocycles. The van der Waals surface area contributed by atoms with Crippen molar-refractivity contribution in [2.75, 3.05) is 13.1 Å². The quantitative estimate of drug-likeness (QED) is 0.716. The second-order valence-corrected chi connectivity index (χ2v) is 5.17. The molecule has 0 atom stereocenters. The molecule has 1 amide bonds. The first-order valence-electron chi connectivity index (χ1n) is 7.11. The highest BCUT2D eigenvalue weighted by molar-refractivity contribution is 5.92. The van der Waals surface area contributed by atoms with E-state index in [1.54, 1.807) is 11.1 Å². The number of carbonyl (C=O) groups excluding carboxylic acids is 1. The van der Waals surface area contributed by atoms with Gasteiger partial charge in [0.15, 0.2) is 0 Å². The first kappa shape index (κ1) is 13.5. The number of carbonyl (C=O) groups is 1. The van der Waals surface area contributed by atoms with Crippen LogP contribution in [0.15, 0.2) is 47.5 Å². The first-order chi connectivity index (χ1) is 11.3. The first-order valence-corrected chi connectivity index (χ1v) is 7.11. The predicted molar refractivity (Wildman–Crippen MR) is 78.2 cm³/mol. The van der Waals surface area contributed by atoms with Gasteiger partial charge in [0.2, 0.25) is 11.7 Å². The fourth-order valence-electron chi connectivity index (χ4n) is 2.37. The summed E-state index contributed by atoms with van der Waals surface area (Å²) in [7, 11) is 0. The zero-order chi connectivity index (χ0) is 15.6. The van der Waals surface area contributed by atoms with Crippen LogP contribution < -0.4 is 0 Å². The summed E-state index contributed by atoms with van der Waals surface area (Å²) in [5.41, 5.74) is 1.000. The Morgan fingerprint density at radius 1 is 1.17 bits per heavy atom. The van der Waals surface area contributed by atoms with E-state index >= 15 is 0 Å². The van der Waals surface area contributed by atoms with E-state index in [-0.39, 0.29) is 11.8 Å². The molecule has 8 heteroatoms. The van der Waals surface area contributed by atoms with Crippen LogP contribution in [0.2, 0.25) is 0 Å². The molecule has 0 unspecified atom stereocenters. The summed E-state index contributed by atoms with van der Waals surface area (Å²) in [6, 6.07) is 5.51. The van der Waals surface area contributed by atoms with Gasteiger partial charge in [-0.1, -0.05) is 11.2 Å². The van der Waals surface area contributed by atoms with Crippen LogP contribution >= 0.6 is 0 Å². The van der Waals surface area contributed by atoms with Gasteiger partial charge in [0.1, 0.15) is 11.4 Å². The third kappa shape index (κ3) is 2.54. The molecule has 4 heterocycles. The Labute approximate surface area is 131 Å². The number of aromatic nitrogens is 5. The molecule has 3 aromatic rings. The van der Waals surface area contributed by atoms with Gasteiger partial charge in [-0.3, -0.25) is 14.8 Å². The molecular formula is C15H12N6O2. The van der Waals surface area contributed by atoms with Crippen molar-refractivity contribution in [1.82, 2.24) is 30.0 Å². The van der Waals surface area contributed by atoms with E-state index < -0.39 is 0 Å². The number of amides is 1. The van der Waals surface area contributed by atoms with Crippen LogP contribution in [0.5, 0.6) is 0 Å². The lowest BCUT2D eigenvalue weighted by Crippen LogP contribution is -2.48. The maximum absolute atomic E-state index is 12.2. The number of pyridine rings is 1. The van der Waals surface area contributed by atoms with Gasteiger partial charge >= 0.3 is 0 Å². The summed E-state index contributed by atoms with van der Waals surface area (Å²) >= 11 is 0. The van der Waals surface area contributed by atoms with Crippen molar-refractivity contribution in [2.45, 2.75) is 5.92 Å². The minimum Gasteiger partial charge on any atom is -0.338 e. The van der Waals surface area contributed by atoms with E-state index in [2.05, 4.69) is 25.1 Å². The van der Waals surface area contributed by atoms with Crippen LogP contribution in [0.25, 0.3) is 11.5 Å². The molecule has 23 heavy (non-hydrogen) atoms. The molecule has 1 fully saturated rings. The van der Waals surface area contributed by atoms with Gasteiger partial charge in [0.25, 0.3) is 5.91 Å². The number of rotatable bonds is 3. The van der Waals surface area contributed by atoms with Crippen molar-refractivity contribution in [3.63, 3.8) is 0 Å². The van der Waals surface area contributed by atoms with Gasteiger partial charge in [-0.15, -0.1) is 0 Å². The monoisotopic (exact) mass is 308 g/mol. The van der Waals surface area contributed by atoms with Gasteiger partial charge in [-0.25, -0.2) is 4.98 Å². The van der Waals surface area contributed by atoms with E-state index in [1.165, 1.54) is 18.6 Å². The van der Waals surface area contributed by atoms with Crippen LogP contribution in [-0.4, -0.2) is 49.0 Å². The van der Waals surface area contributed by atoms with Crippen LogP contribution in [0.1, 0.15) is 22.3 Å². The topological polar surface area (TPSA) is 97.9 Å². The van der Waals surface area contributed by atoms with E-state index in [9.17, 15) is 4.79 Å². The van der Waals surface area contributed by atoms with E-state index in [4.69, 9.17) is 4.52 Å². The molecule has 0 bridgehead atoms. The maximum atomic E-state index is 12.2. The highest BCUT2D eigenvalue weighted by atomic mass is 16.5. The molecule has 0 aliphatic carbocycles. The molecule has 1 aliphatic rings. The lowest BCUT2D eigenvalue weighted by molar-refractivity contribution is 0.0562. The Hall–Kier alpha value is -3.16. The van der Waals surface area contributed by atoms with E-state index in [1.807, 2.05) is 18.2 Å². The molecule has 0 N–H and O–H groups in total. The number of hydrogen-bond acceptors (Lipinski definition) is 7. The summed E-state index contributed by atoms with van der Waals surface area (Å²) in [6.07, 6.45) is 6.17. The summed E-state index contributed by atoms with van der Waals surface area (Å²) in [5.74, 6) is 0.882. The minimum absolute atomic E-state index is 0.0422. The average Bonchev–Trinajstić information content (AvgIpc) is 3.05. The van der Waals surface area contributed by atoms with Crippen molar-refractivity contribution in [3.05, 3.63) is 54.6 Å². The Balaban J connectivity index is 1.43. The Morgan fingerprint density at radius 2 is 2.09 bits per heavy atom. The van der Waals surface area contributed by atoms with Crippen LogP contribution in [0, 0.1) is 0 Å². The molecule has 4 rings (SSSR count). The van der Waals surface area contributed by atoms with Crippen LogP contribution in [0.4, 0.5) is 0 Å². The minimum atomic E-state index is -0.140. The molecule has 3 aromatic heterocycles. The fraction of sp³-hybridized carbons (Fsp3) is 0.200. The Morgan fingerprint density at radius 3 is 2.83 bits per heavy atom. The second kappa shape index (κ2) is 5.56. The Kier molecular flexibility index (Phi) is 3.26. The van der Waals surface area contributed by atoms with Gasteiger partial charge in [-0.05, 0) is 12.1 Å². The van der Waals surface area contributed by atoms with Crippen LogP contribution in [0.3, 0.4) is 0 Å². The zero-order valence-electron chi connectivity index (χ0n) is 12.0. The van der Waals surface area contributed by atoms with Crippen molar-refractivity contribution >= 4 is 5.91 Å². The number of nitrogens with zero attached hydrogens (tertiary/aromatic N) is 6. The van der Waals surface area contributed by atoms with E-state index in [0.29, 0.717) is 36.2 Å². The lowest BCUT2D eigenvalue weighted by atomic mass is 10.00. The largest absolute Gasteiger partial charge is 0.338 e. The summed E-state index contributed by atoms with van der Waals surface area (Å²) in [5, 5.41) is 3.94. The molecule has 1 saturated heterocycles. The average molecular weight is 308 g/mol. The highest BCUT2D eigenvalue weighted by Gasteiger charge is 2.36. The summed E-state index contributed by atoms with van der Waals surface area (Å²) in [6.45, 7) is 1.05. The molecule has 0 spiro atoms. The smallest absolute Gasteiger partial charge is 0.274 e. The third-order valence-corrected chi connectivity index (χ3v) is 3.64. The van der Waals surface area contributed by atoms with Crippen molar-refractivity contribution in [2.24, 2.45) is 0 Å². The molecule has 8 nitrogen and oxygen atoms in total. The van der Waals surface area contributed by atoms with Gasteiger partial charge < -0.3 is 9.42 Å².